The highest BCUT2D eigenvalue weighted by atomic mass is 19.1. The van der Waals surface area contributed by atoms with E-state index in [1.54, 1.807) is 43.0 Å². The van der Waals surface area contributed by atoms with Gasteiger partial charge in [0.15, 0.2) is 0 Å². The Labute approximate surface area is 150 Å². The van der Waals surface area contributed by atoms with Gasteiger partial charge in [-0.1, -0.05) is 60.7 Å². The topological polar surface area (TPSA) is 17.8 Å². The third-order valence-electron chi connectivity index (χ3n) is 4.59. The van der Waals surface area contributed by atoms with Crippen LogP contribution in [0.4, 0.5) is 8.78 Å². The molecule has 1 atom stereocenters. The quantitative estimate of drug-likeness (QED) is 0.475. The van der Waals surface area contributed by atoms with Crippen molar-refractivity contribution in [1.29, 1.82) is 0 Å². The minimum Gasteiger partial charge on any atom is -0.319 e. The molecule has 26 heavy (non-hydrogen) atoms. The van der Waals surface area contributed by atoms with E-state index in [9.17, 15) is 4.39 Å². The molecule has 0 saturated heterocycles. The lowest BCUT2D eigenvalue weighted by Crippen LogP contribution is -2.38. The SMILES string of the molecule is Fc1cccc(C(c2ccccc2)(c2ccccc2F)n2ccnc2)c1. The zero-order chi connectivity index (χ0) is 18.0. The van der Waals surface area contributed by atoms with E-state index in [-0.39, 0.29) is 11.6 Å². The molecule has 4 heteroatoms. The van der Waals surface area contributed by atoms with Gasteiger partial charge in [0.1, 0.15) is 17.2 Å². The van der Waals surface area contributed by atoms with Gasteiger partial charge >= 0.3 is 0 Å². The van der Waals surface area contributed by atoms with Crippen molar-refractivity contribution in [2.75, 3.05) is 0 Å². The van der Waals surface area contributed by atoms with Crippen molar-refractivity contribution >= 4 is 0 Å². The van der Waals surface area contributed by atoms with Crippen LogP contribution in [-0.2, 0) is 5.54 Å². The summed E-state index contributed by atoms with van der Waals surface area (Å²) in [4.78, 5) is 4.16. The van der Waals surface area contributed by atoms with Crippen LogP contribution in [0.2, 0.25) is 0 Å². The van der Waals surface area contributed by atoms with E-state index in [0.717, 1.165) is 5.56 Å². The summed E-state index contributed by atoms with van der Waals surface area (Å²) in [6.45, 7) is 0. The third kappa shape index (κ3) is 2.51. The number of imidazole rings is 1. The van der Waals surface area contributed by atoms with Gasteiger partial charge in [0.25, 0.3) is 0 Å². The molecule has 0 amide bonds. The first-order chi connectivity index (χ1) is 12.7. The van der Waals surface area contributed by atoms with Gasteiger partial charge in [-0.25, -0.2) is 13.8 Å². The van der Waals surface area contributed by atoms with E-state index in [0.29, 0.717) is 11.1 Å². The van der Waals surface area contributed by atoms with E-state index in [1.807, 2.05) is 41.0 Å². The Morgan fingerprint density at radius 3 is 2.19 bits per heavy atom. The van der Waals surface area contributed by atoms with Crippen molar-refractivity contribution in [2.24, 2.45) is 0 Å². The molecule has 0 aliphatic carbocycles. The first kappa shape index (κ1) is 16.2. The lowest BCUT2D eigenvalue weighted by atomic mass is 9.76. The summed E-state index contributed by atoms with van der Waals surface area (Å²) in [6, 6.07) is 22.4. The lowest BCUT2D eigenvalue weighted by Gasteiger charge is -2.37. The van der Waals surface area contributed by atoms with Crippen molar-refractivity contribution in [2.45, 2.75) is 5.54 Å². The Hall–Kier alpha value is -3.27. The van der Waals surface area contributed by atoms with Crippen molar-refractivity contribution in [3.8, 4) is 0 Å². The molecule has 128 valence electrons. The molecule has 0 spiro atoms. The summed E-state index contributed by atoms with van der Waals surface area (Å²) in [5.74, 6) is -0.742. The van der Waals surface area contributed by atoms with Gasteiger partial charge in [-0.15, -0.1) is 0 Å². The smallest absolute Gasteiger partial charge is 0.129 e. The minimum atomic E-state index is -1.08. The Balaban J connectivity index is 2.16. The van der Waals surface area contributed by atoms with Crippen molar-refractivity contribution < 1.29 is 8.78 Å². The van der Waals surface area contributed by atoms with Crippen LogP contribution >= 0.6 is 0 Å². The summed E-state index contributed by atoms with van der Waals surface area (Å²) < 4.78 is 31.0. The van der Waals surface area contributed by atoms with Gasteiger partial charge in [0, 0.05) is 18.0 Å². The van der Waals surface area contributed by atoms with Gasteiger partial charge in [-0.05, 0) is 29.3 Å². The molecule has 0 saturated carbocycles. The highest BCUT2D eigenvalue weighted by molar-refractivity contribution is 5.51. The van der Waals surface area contributed by atoms with Crippen molar-refractivity contribution in [3.05, 3.63) is 126 Å². The number of hydrogen-bond acceptors (Lipinski definition) is 1. The number of aromatic nitrogens is 2. The first-order valence-electron chi connectivity index (χ1n) is 8.28. The van der Waals surface area contributed by atoms with E-state index in [4.69, 9.17) is 0 Å². The highest BCUT2D eigenvalue weighted by Crippen LogP contribution is 2.41. The Morgan fingerprint density at radius 2 is 1.50 bits per heavy atom. The summed E-state index contributed by atoms with van der Waals surface area (Å²) >= 11 is 0. The molecule has 1 heterocycles. The average molecular weight is 346 g/mol. The molecule has 0 bridgehead atoms. The monoisotopic (exact) mass is 346 g/mol. The van der Waals surface area contributed by atoms with Crippen LogP contribution in [0.25, 0.3) is 0 Å². The highest BCUT2D eigenvalue weighted by Gasteiger charge is 2.40. The predicted octanol–water partition coefficient (Wildman–Crippen LogP) is 5.00. The fraction of sp³-hybridized carbons (Fsp3) is 0.0455. The van der Waals surface area contributed by atoms with Crippen molar-refractivity contribution in [1.82, 2.24) is 9.55 Å². The maximum Gasteiger partial charge on any atom is 0.129 e. The van der Waals surface area contributed by atoms with Crippen LogP contribution in [0.1, 0.15) is 16.7 Å². The van der Waals surface area contributed by atoms with Gasteiger partial charge in [0.2, 0.25) is 0 Å². The second kappa shape index (κ2) is 6.56. The Morgan fingerprint density at radius 1 is 0.769 bits per heavy atom. The molecule has 4 rings (SSSR count). The maximum absolute atomic E-state index is 15.0. The molecule has 2 nitrogen and oxygen atoms in total. The molecule has 4 aromatic rings. The van der Waals surface area contributed by atoms with Gasteiger partial charge in [-0.3, -0.25) is 0 Å². The van der Waals surface area contributed by atoms with E-state index in [2.05, 4.69) is 4.98 Å². The zero-order valence-corrected chi connectivity index (χ0v) is 13.9. The molecule has 0 N–H and O–H groups in total. The molecular formula is C22H16F2N2. The fourth-order valence-electron chi connectivity index (χ4n) is 3.52. The number of benzene rings is 3. The molecule has 1 aromatic heterocycles. The zero-order valence-electron chi connectivity index (χ0n) is 13.9. The van der Waals surface area contributed by atoms with Gasteiger partial charge < -0.3 is 4.57 Å². The van der Waals surface area contributed by atoms with E-state index >= 15 is 4.39 Å². The fourth-order valence-corrected chi connectivity index (χ4v) is 3.52. The summed E-state index contributed by atoms with van der Waals surface area (Å²) in [5.41, 5.74) is 0.779. The molecule has 1 unspecified atom stereocenters. The molecule has 0 radical (unpaired) electrons. The van der Waals surface area contributed by atoms with Crippen LogP contribution in [0.5, 0.6) is 0 Å². The molecule has 0 aliphatic rings. The average Bonchev–Trinajstić information content (AvgIpc) is 3.20. The van der Waals surface area contributed by atoms with Gasteiger partial charge in [-0.2, -0.15) is 0 Å². The van der Waals surface area contributed by atoms with Crippen molar-refractivity contribution in [3.63, 3.8) is 0 Å². The summed E-state index contributed by atoms with van der Waals surface area (Å²) in [6.07, 6.45) is 5.03. The largest absolute Gasteiger partial charge is 0.319 e. The summed E-state index contributed by atoms with van der Waals surface area (Å²) in [5, 5.41) is 0. The molecule has 0 fully saturated rings. The van der Waals surface area contributed by atoms with Crippen LogP contribution in [0.3, 0.4) is 0 Å². The van der Waals surface area contributed by atoms with Crippen LogP contribution in [0, 0.1) is 11.6 Å². The predicted molar refractivity (Wildman–Crippen MR) is 96.7 cm³/mol. The maximum atomic E-state index is 15.0. The Bertz CT molecular complexity index is 1010. The molecule has 3 aromatic carbocycles. The summed E-state index contributed by atoms with van der Waals surface area (Å²) in [7, 11) is 0. The number of halogens is 2. The number of nitrogens with zero attached hydrogens (tertiary/aromatic N) is 2. The second-order valence-corrected chi connectivity index (χ2v) is 6.04. The third-order valence-corrected chi connectivity index (χ3v) is 4.59. The minimum absolute atomic E-state index is 0.366. The number of hydrogen-bond donors (Lipinski definition) is 0. The van der Waals surface area contributed by atoms with Crippen LogP contribution in [0.15, 0.2) is 97.6 Å². The molecular weight excluding hydrogens is 330 g/mol. The second-order valence-electron chi connectivity index (χ2n) is 6.04. The van der Waals surface area contributed by atoms with E-state index in [1.165, 1.54) is 18.2 Å². The normalized spacial score (nSPS) is 13.3. The van der Waals surface area contributed by atoms with Crippen LogP contribution < -0.4 is 0 Å². The van der Waals surface area contributed by atoms with Crippen LogP contribution in [-0.4, -0.2) is 9.55 Å². The van der Waals surface area contributed by atoms with Gasteiger partial charge in [0.05, 0.1) is 6.33 Å². The first-order valence-corrected chi connectivity index (χ1v) is 8.28. The molecule has 0 aliphatic heterocycles. The van der Waals surface area contributed by atoms with E-state index < -0.39 is 5.54 Å². The lowest BCUT2D eigenvalue weighted by molar-refractivity contribution is 0.475. The number of rotatable bonds is 4. The standard InChI is InChI=1S/C22H16F2N2/c23-19-10-6-9-18(15-19)22(26-14-13-25-16-26,17-7-2-1-3-8-17)20-11-4-5-12-21(20)24/h1-16H. The Kier molecular flexibility index (Phi) is 4.09.